The van der Waals surface area contributed by atoms with E-state index >= 15 is 0 Å². The fourth-order valence-electron chi connectivity index (χ4n) is 2.78. The molecular weight excluding hydrogens is 341 g/mol. The lowest BCUT2D eigenvalue weighted by molar-refractivity contribution is 0.208. The number of fused-ring (bicyclic) bond motifs is 1. The molecule has 0 bridgehead atoms. The van der Waals surface area contributed by atoms with Crippen molar-refractivity contribution in [1.29, 1.82) is 0 Å². The number of benzene rings is 1. The van der Waals surface area contributed by atoms with Gasteiger partial charge in [0.1, 0.15) is 5.82 Å². The van der Waals surface area contributed by atoms with Crippen LogP contribution in [0, 0.1) is 5.82 Å². The second-order valence-corrected chi connectivity index (χ2v) is 6.22. The van der Waals surface area contributed by atoms with Gasteiger partial charge in [0.2, 0.25) is 5.95 Å². The van der Waals surface area contributed by atoms with E-state index in [4.69, 9.17) is 0 Å². The Balaban J connectivity index is 2.17. The Hall–Kier alpha value is -2.94. The molecule has 9 heteroatoms. The van der Waals surface area contributed by atoms with Crippen molar-refractivity contribution in [1.82, 2.24) is 18.7 Å². The van der Waals surface area contributed by atoms with Gasteiger partial charge in [-0.05, 0) is 13.0 Å². The van der Waals surface area contributed by atoms with Gasteiger partial charge in [-0.15, -0.1) is 0 Å². The molecule has 2 heterocycles. The first-order chi connectivity index (χ1) is 12.3. The predicted molar refractivity (Wildman–Crippen MR) is 95.9 cm³/mol. The molecule has 0 unspecified atom stereocenters. The molecule has 8 nitrogen and oxygen atoms in total. The summed E-state index contributed by atoms with van der Waals surface area (Å²) < 4.78 is 17.7. The fraction of sp³-hybridized carbons (Fsp3) is 0.353. The lowest BCUT2D eigenvalue weighted by Crippen LogP contribution is -2.40. The molecule has 2 N–H and O–H groups in total. The fourth-order valence-corrected chi connectivity index (χ4v) is 2.78. The van der Waals surface area contributed by atoms with E-state index < -0.39 is 23.2 Å². The smallest absolute Gasteiger partial charge is 0.332 e. The second kappa shape index (κ2) is 6.75. The van der Waals surface area contributed by atoms with Crippen molar-refractivity contribution in [2.24, 2.45) is 14.1 Å². The van der Waals surface area contributed by atoms with Crippen molar-refractivity contribution in [3.63, 3.8) is 0 Å². The van der Waals surface area contributed by atoms with Gasteiger partial charge in [-0.2, -0.15) is 4.98 Å². The van der Waals surface area contributed by atoms with Gasteiger partial charge in [0.25, 0.3) is 5.56 Å². The Labute approximate surface area is 148 Å². The Bertz CT molecular complexity index is 1080. The molecule has 138 valence electrons. The van der Waals surface area contributed by atoms with Crippen molar-refractivity contribution in [3.8, 4) is 0 Å². The second-order valence-electron chi connectivity index (χ2n) is 6.22. The van der Waals surface area contributed by atoms with Crippen LogP contribution in [0.4, 0.5) is 10.3 Å². The average molecular weight is 361 g/mol. The Morgan fingerprint density at radius 3 is 2.58 bits per heavy atom. The molecule has 0 fully saturated rings. The van der Waals surface area contributed by atoms with E-state index in [2.05, 4.69) is 10.3 Å². The summed E-state index contributed by atoms with van der Waals surface area (Å²) >= 11 is 0. The third kappa shape index (κ3) is 3.01. The van der Waals surface area contributed by atoms with Crippen LogP contribution in [0.3, 0.4) is 0 Å². The number of hydrogen-bond acceptors (Lipinski definition) is 5. The largest absolute Gasteiger partial charge is 0.392 e. The zero-order valence-electron chi connectivity index (χ0n) is 14.7. The lowest BCUT2D eigenvalue weighted by Gasteiger charge is -2.09. The van der Waals surface area contributed by atoms with E-state index in [0.717, 1.165) is 4.57 Å². The highest BCUT2D eigenvalue weighted by atomic mass is 19.1. The summed E-state index contributed by atoms with van der Waals surface area (Å²) in [5, 5.41) is 12.3. The molecule has 0 saturated heterocycles. The van der Waals surface area contributed by atoms with E-state index in [1.165, 1.54) is 28.3 Å². The molecular formula is C17H20FN5O3. The standard InChI is InChI=1S/C17H20FN5O3/c1-10(24)8-19-16-20-14-13(21(16)2)15(25)23(17(26)22(14)3)9-11-6-4-5-7-12(11)18/h4-7,10,24H,8-9H2,1-3H3,(H,19,20)/t10-/m1/s1. The van der Waals surface area contributed by atoms with Crippen LogP contribution in [0.25, 0.3) is 11.2 Å². The van der Waals surface area contributed by atoms with Gasteiger partial charge >= 0.3 is 5.69 Å². The predicted octanol–water partition coefficient (Wildman–Crippen LogP) is 0.414. The molecule has 3 rings (SSSR count). The number of nitrogens with zero attached hydrogens (tertiary/aromatic N) is 4. The number of rotatable bonds is 5. The quantitative estimate of drug-likeness (QED) is 0.687. The number of anilines is 1. The number of halogens is 1. The molecule has 26 heavy (non-hydrogen) atoms. The molecule has 2 aromatic heterocycles. The van der Waals surface area contributed by atoms with Crippen molar-refractivity contribution in [2.45, 2.75) is 19.6 Å². The minimum Gasteiger partial charge on any atom is -0.392 e. The van der Waals surface area contributed by atoms with Crippen molar-refractivity contribution >= 4 is 17.1 Å². The molecule has 1 aromatic carbocycles. The number of aromatic nitrogens is 4. The maximum Gasteiger partial charge on any atom is 0.332 e. The summed E-state index contributed by atoms with van der Waals surface area (Å²) in [7, 11) is 3.15. The van der Waals surface area contributed by atoms with Crippen molar-refractivity contribution < 1.29 is 9.50 Å². The molecule has 0 aliphatic rings. The molecule has 0 radical (unpaired) electrons. The average Bonchev–Trinajstić information content (AvgIpc) is 2.93. The molecule has 0 aliphatic heterocycles. The van der Waals surface area contributed by atoms with Gasteiger partial charge in [0.15, 0.2) is 11.2 Å². The van der Waals surface area contributed by atoms with E-state index in [1.54, 1.807) is 26.1 Å². The number of hydrogen-bond donors (Lipinski definition) is 2. The van der Waals surface area contributed by atoms with E-state index in [9.17, 15) is 19.1 Å². The summed E-state index contributed by atoms with van der Waals surface area (Å²) in [5.41, 5.74) is -0.435. The third-order valence-electron chi connectivity index (χ3n) is 4.20. The monoisotopic (exact) mass is 361 g/mol. The summed E-state index contributed by atoms with van der Waals surface area (Å²) in [6, 6.07) is 6.01. The minimum atomic E-state index is -0.601. The molecule has 0 amide bonds. The molecule has 0 aliphatic carbocycles. The van der Waals surface area contributed by atoms with Gasteiger partial charge in [-0.1, -0.05) is 18.2 Å². The van der Waals surface area contributed by atoms with E-state index in [0.29, 0.717) is 5.95 Å². The zero-order chi connectivity index (χ0) is 19.0. The highest BCUT2D eigenvalue weighted by molar-refractivity contribution is 5.74. The molecule has 0 saturated carbocycles. The van der Waals surface area contributed by atoms with Gasteiger partial charge in [-0.3, -0.25) is 13.9 Å². The van der Waals surface area contributed by atoms with Crippen molar-refractivity contribution in [2.75, 3.05) is 11.9 Å². The van der Waals surface area contributed by atoms with Crippen LogP contribution in [0.5, 0.6) is 0 Å². The van der Waals surface area contributed by atoms with E-state index in [-0.39, 0.29) is 29.8 Å². The SMILES string of the molecule is C[C@@H](O)CNc1nc2c(c(=O)n(Cc3ccccc3F)c(=O)n2C)n1C. The summed E-state index contributed by atoms with van der Waals surface area (Å²) in [5.74, 6) is -0.123. The number of nitrogens with one attached hydrogen (secondary N) is 1. The maximum absolute atomic E-state index is 13.9. The van der Waals surface area contributed by atoms with Crippen molar-refractivity contribution in [3.05, 3.63) is 56.5 Å². The first-order valence-electron chi connectivity index (χ1n) is 8.12. The highest BCUT2D eigenvalue weighted by Crippen LogP contribution is 2.14. The van der Waals surface area contributed by atoms with Crippen LogP contribution in [-0.4, -0.2) is 36.4 Å². The van der Waals surface area contributed by atoms with Crippen LogP contribution in [0.15, 0.2) is 33.9 Å². The zero-order valence-corrected chi connectivity index (χ0v) is 14.7. The Kier molecular flexibility index (Phi) is 4.64. The number of aryl methyl sites for hydroxylation is 2. The third-order valence-corrected chi connectivity index (χ3v) is 4.20. The maximum atomic E-state index is 13.9. The number of aliphatic hydroxyl groups is 1. The van der Waals surface area contributed by atoms with Gasteiger partial charge < -0.3 is 15.0 Å². The summed E-state index contributed by atoms with van der Waals surface area (Å²) in [4.78, 5) is 29.8. The van der Waals surface area contributed by atoms with Gasteiger partial charge in [-0.25, -0.2) is 9.18 Å². The number of aliphatic hydroxyl groups excluding tert-OH is 1. The Morgan fingerprint density at radius 1 is 1.23 bits per heavy atom. The Morgan fingerprint density at radius 2 is 1.92 bits per heavy atom. The number of imidazole rings is 1. The topological polar surface area (TPSA) is 94.1 Å². The highest BCUT2D eigenvalue weighted by Gasteiger charge is 2.19. The minimum absolute atomic E-state index is 0.171. The van der Waals surface area contributed by atoms with Crippen LogP contribution in [0.2, 0.25) is 0 Å². The molecule has 1 atom stereocenters. The van der Waals surface area contributed by atoms with E-state index in [1.807, 2.05) is 0 Å². The van der Waals surface area contributed by atoms with Crippen LogP contribution < -0.4 is 16.6 Å². The molecule has 0 spiro atoms. The van der Waals surface area contributed by atoms with Crippen LogP contribution in [0.1, 0.15) is 12.5 Å². The van der Waals surface area contributed by atoms with Crippen LogP contribution >= 0.6 is 0 Å². The first kappa shape index (κ1) is 17.9. The van der Waals surface area contributed by atoms with Gasteiger partial charge in [0, 0.05) is 26.2 Å². The summed E-state index contributed by atoms with van der Waals surface area (Å²) in [6.45, 7) is 1.69. The summed E-state index contributed by atoms with van der Waals surface area (Å²) in [6.07, 6.45) is -0.601. The first-order valence-corrected chi connectivity index (χ1v) is 8.12. The lowest BCUT2D eigenvalue weighted by atomic mass is 10.2. The van der Waals surface area contributed by atoms with Gasteiger partial charge in [0.05, 0.1) is 12.6 Å². The normalized spacial score (nSPS) is 12.5. The molecule has 3 aromatic rings. The van der Waals surface area contributed by atoms with Crippen LogP contribution in [-0.2, 0) is 20.6 Å².